The molecule has 96 valence electrons. The summed E-state index contributed by atoms with van der Waals surface area (Å²) in [4.78, 5) is 8.86. The first-order chi connectivity index (χ1) is 9.24. The van der Waals surface area contributed by atoms with E-state index in [1.54, 1.807) is 24.6 Å². The van der Waals surface area contributed by atoms with Crippen molar-refractivity contribution in [3.63, 3.8) is 0 Å². The van der Waals surface area contributed by atoms with Crippen LogP contribution in [-0.4, -0.2) is 17.1 Å². The molecule has 0 aliphatic heterocycles. The highest BCUT2D eigenvalue weighted by molar-refractivity contribution is 8.01. The van der Waals surface area contributed by atoms with E-state index in [0.29, 0.717) is 0 Å². The molecule has 6 heteroatoms. The van der Waals surface area contributed by atoms with Crippen LogP contribution in [0.1, 0.15) is 0 Å². The second-order valence-corrected chi connectivity index (χ2v) is 6.14. The van der Waals surface area contributed by atoms with Crippen LogP contribution in [0.2, 0.25) is 0 Å². The topological polar surface area (TPSA) is 61.0 Å². The van der Waals surface area contributed by atoms with Crippen molar-refractivity contribution < 1.29 is 4.74 Å². The average molecular weight is 289 g/mol. The van der Waals surface area contributed by atoms with E-state index in [0.717, 1.165) is 31.0 Å². The van der Waals surface area contributed by atoms with Crippen LogP contribution in [0.4, 0.5) is 5.69 Å². The summed E-state index contributed by atoms with van der Waals surface area (Å²) in [5.41, 5.74) is 7.49. The number of hydrogen-bond donors (Lipinski definition) is 1. The predicted octanol–water partition coefficient (Wildman–Crippen LogP) is 3.43. The first-order valence-electron chi connectivity index (χ1n) is 5.58. The minimum atomic E-state index is 0.751. The third-order valence-corrected chi connectivity index (χ3v) is 4.56. The number of pyridine rings is 1. The predicted molar refractivity (Wildman–Crippen MR) is 78.9 cm³/mol. The zero-order valence-electron chi connectivity index (χ0n) is 10.2. The second kappa shape index (κ2) is 5.07. The summed E-state index contributed by atoms with van der Waals surface area (Å²) in [6.45, 7) is 0. The van der Waals surface area contributed by atoms with E-state index in [1.807, 2.05) is 30.3 Å². The van der Waals surface area contributed by atoms with Crippen molar-refractivity contribution in [2.75, 3.05) is 12.8 Å². The molecule has 2 N–H and O–H groups in total. The minimum absolute atomic E-state index is 0.751. The van der Waals surface area contributed by atoms with E-state index < -0.39 is 0 Å². The standard InChI is InChI=1S/C13H11N3OS2/c1-17-9-3-5-12(15-7-9)19-13-16-10-4-2-8(14)6-11(10)18-13/h2-7H,14H2,1H3. The van der Waals surface area contributed by atoms with Crippen LogP contribution in [0.3, 0.4) is 0 Å². The molecular formula is C13H11N3OS2. The normalized spacial score (nSPS) is 10.8. The lowest BCUT2D eigenvalue weighted by molar-refractivity contribution is 0.412. The van der Waals surface area contributed by atoms with Gasteiger partial charge in [0, 0.05) is 5.69 Å². The smallest absolute Gasteiger partial charge is 0.157 e. The van der Waals surface area contributed by atoms with E-state index in [2.05, 4.69) is 9.97 Å². The van der Waals surface area contributed by atoms with Crippen molar-refractivity contribution in [2.24, 2.45) is 0 Å². The van der Waals surface area contributed by atoms with Gasteiger partial charge in [-0.05, 0) is 42.1 Å². The van der Waals surface area contributed by atoms with Gasteiger partial charge in [0.25, 0.3) is 0 Å². The Morgan fingerprint density at radius 3 is 2.89 bits per heavy atom. The second-order valence-electron chi connectivity index (χ2n) is 3.85. The fourth-order valence-corrected chi connectivity index (χ4v) is 3.60. The quantitative estimate of drug-likeness (QED) is 0.748. The van der Waals surface area contributed by atoms with E-state index in [4.69, 9.17) is 10.5 Å². The number of nitrogens with two attached hydrogens (primary N) is 1. The van der Waals surface area contributed by atoms with Crippen molar-refractivity contribution in [1.29, 1.82) is 0 Å². The van der Waals surface area contributed by atoms with Crippen LogP contribution in [0.15, 0.2) is 45.9 Å². The molecule has 0 bridgehead atoms. The van der Waals surface area contributed by atoms with Crippen molar-refractivity contribution >= 4 is 39.0 Å². The molecule has 1 aromatic carbocycles. The highest BCUT2D eigenvalue weighted by Crippen LogP contribution is 2.34. The van der Waals surface area contributed by atoms with Crippen LogP contribution in [0.5, 0.6) is 5.75 Å². The molecule has 0 saturated carbocycles. The maximum Gasteiger partial charge on any atom is 0.157 e. The number of anilines is 1. The van der Waals surface area contributed by atoms with E-state index >= 15 is 0 Å². The molecule has 0 atom stereocenters. The molecule has 0 spiro atoms. The van der Waals surface area contributed by atoms with Crippen LogP contribution in [0.25, 0.3) is 10.2 Å². The van der Waals surface area contributed by atoms with Gasteiger partial charge in [-0.3, -0.25) is 0 Å². The molecule has 0 aliphatic carbocycles. The maximum absolute atomic E-state index is 5.76. The summed E-state index contributed by atoms with van der Waals surface area (Å²) in [6.07, 6.45) is 1.70. The molecule has 2 heterocycles. The van der Waals surface area contributed by atoms with Crippen LogP contribution in [0, 0.1) is 0 Å². The Kier molecular flexibility index (Phi) is 3.27. The van der Waals surface area contributed by atoms with Crippen LogP contribution >= 0.6 is 23.1 Å². The van der Waals surface area contributed by atoms with Gasteiger partial charge in [-0.1, -0.05) is 0 Å². The summed E-state index contributed by atoms with van der Waals surface area (Å²) < 4.78 is 7.13. The minimum Gasteiger partial charge on any atom is -0.495 e. The molecule has 2 aromatic heterocycles. The molecule has 0 unspecified atom stereocenters. The Balaban J connectivity index is 1.87. The number of ether oxygens (including phenoxy) is 1. The lowest BCUT2D eigenvalue weighted by Crippen LogP contribution is -1.84. The van der Waals surface area contributed by atoms with Crippen molar-refractivity contribution in [3.05, 3.63) is 36.5 Å². The summed E-state index contributed by atoms with van der Waals surface area (Å²) in [7, 11) is 1.63. The van der Waals surface area contributed by atoms with Gasteiger partial charge >= 0.3 is 0 Å². The number of hydrogen-bond acceptors (Lipinski definition) is 6. The number of aromatic nitrogens is 2. The number of nitrogen functional groups attached to an aromatic ring is 1. The molecule has 3 rings (SSSR count). The first kappa shape index (κ1) is 12.3. The molecule has 19 heavy (non-hydrogen) atoms. The van der Waals surface area contributed by atoms with Gasteiger partial charge in [-0.25, -0.2) is 9.97 Å². The van der Waals surface area contributed by atoms with E-state index in [-0.39, 0.29) is 0 Å². The fourth-order valence-electron chi connectivity index (χ4n) is 1.60. The maximum atomic E-state index is 5.76. The monoisotopic (exact) mass is 289 g/mol. The number of rotatable bonds is 3. The zero-order chi connectivity index (χ0) is 13.2. The molecule has 0 aliphatic rings. The number of nitrogens with zero attached hydrogens (tertiary/aromatic N) is 2. The highest BCUT2D eigenvalue weighted by atomic mass is 32.2. The lowest BCUT2D eigenvalue weighted by atomic mass is 10.3. The third kappa shape index (κ3) is 2.64. The lowest BCUT2D eigenvalue weighted by Gasteiger charge is -1.99. The van der Waals surface area contributed by atoms with Gasteiger partial charge in [-0.2, -0.15) is 0 Å². The SMILES string of the molecule is COc1ccc(Sc2nc3ccc(N)cc3s2)nc1. The summed E-state index contributed by atoms with van der Waals surface area (Å²) in [6, 6.07) is 9.55. The van der Waals surface area contributed by atoms with Crippen molar-refractivity contribution in [2.45, 2.75) is 9.37 Å². The van der Waals surface area contributed by atoms with Gasteiger partial charge in [0.05, 0.1) is 23.5 Å². The molecule has 0 radical (unpaired) electrons. The Bertz CT molecular complexity index is 709. The molecule has 3 aromatic rings. The summed E-state index contributed by atoms with van der Waals surface area (Å²) in [5, 5.41) is 0.896. The van der Waals surface area contributed by atoms with Crippen molar-refractivity contribution in [1.82, 2.24) is 9.97 Å². The fraction of sp³-hybridized carbons (Fsp3) is 0.0769. The first-order valence-corrected chi connectivity index (χ1v) is 7.22. The molecular weight excluding hydrogens is 278 g/mol. The Labute approximate surface area is 118 Å². The van der Waals surface area contributed by atoms with E-state index in [9.17, 15) is 0 Å². The van der Waals surface area contributed by atoms with Gasteiger partial charge in [0.2, 0.25) is 0 Å². The molecule has 0 fully saturated rings. The molecule has 0 amide bonds. The average Bonchev–Trinajstić information content (AvgIpc) is 2.81. The molecule has 0 saturated heterocycles. The number of methoxy groups -OCH3 is 1. The van der Waals surface area contributed by atoms with Gasteiger partial charge < -0.3 is 10.5 Å². The summed E-state index contributed by atoms with van der Waals surface area (Å²) in [5.74, 6) is 0.751. The Hall–Kier alpha value is -1.79. The van der Waals surface area contributed by atoms with Gasteiger partial charge in [-0.15, -0.1) is 11.3 Å². The number of thiazole rings is 1. The van der Waals surface area contributed by atoms with Gasteiger partial charge in [0.15, 0.2) is 4.34 Å². The van der Waals surface area contributed by atoms with Crippen LogP contribution < -0.4 is 10.5 Å². The van der Waals surface area contributed by atoms with Crippen molar-refractivity contribution in [3.8, 4) is 5.75 Å². The zero-order valence-corrected chi connectivity index (χ0v) is 11.8. The summed E-state index contributed by atoms with van der Waals surface area (Å²) >= 11 is 3.16. The van der Waals surface area contributed by atoms with Gasteiger partial charge in [0.1, 0.15) is 10.8 Å². The highest BCUT2D eigenvalue weighted by Gasteiger charge is 2.07. The van der Waals surface area contributed by atoms with E-state index in [1.165, 1.54) is 11.8 Å². The Morgan fingerprint density at radius 2 is 2.16 bits per heavy atom. The largest absolute Gasteiger partial charge is 0.495 e. The Morgan fingerprint density at radius 1 is 1.26 bits per heavy atom. The van der Waals surface area contributed by atoms with Crippen LogP contribution in [-0.2, 0) is 0 Å². The third-order valence-electron chi connectivity index (χ3n) is 2.53. The number of fused-ring (bicyclic) bond motifs is 1. The number of benzene rings is 1. The molecule has 4 nitrogen and oxygen atoms in total.